The summed E-state index contributed by atoms with van der Waals surface area (Å²) < 4.78 is 17.1. The standard InChI is InChI=1S/C16H9Cl2N3O4S/c1-23-9-4-2-3-7-5-10(24-12(7)9)15-20-21-16(25-15)19-14(22)8-6-11(17)26-13(8)18/h2-6H,1H3,(H,19,21,22). The highest BCUT2D eigenvalue weighted by Gasteiger charge is 2.19. The van der Waals surface area contributed by atoms with Gasteiger partial charge in [0.1, 0.15) is 4.34 Å². The van der Waals surface area contributed by atoms with E-state index in [4.69, 9.17) is 36.8 Å². The van der Waals surface area contributed by atoms with Crippen molar-refractivity contribution in [3.05, 3.63) is 44.6 Å². The van der Waals surface area contributed by atoms with Gasteiger partial charge < -0.3 is 13.6 Å². The minimum Gasteiger partial charge on any atom is -0.493 e. The number of amides is 1. The van der Waals surface area contributed by atoms with Crippen molar-refractivity contribution < 1.29 is 18.4 Å². The monoisotopic (exact) mass is 409 g/mol. The van der Waals surface area contributed by atoms with Gasteiger partial charge in [-0.25, -0.2) is 0 Å². The van der Waals surface area contributed by atoms with Crippen LogP contribution in [0.1, 0.15) is 10.4 Å². The SMILES string of the molecule is COc1cccc2cc(-c3nnc(NC(=O)c4cc(Cl)sc4Cl)o3)oc12. The van der Waals surface area contributed by atoms with Crippen LogP contribution in [0, 0.1) is 0 Å². The number of carbonyl (C=O) groups is 1. The molecule has 3 heterocycles. The summed E-state index contributed by atoms with van der Waals surface area (Å²) in [5.74, 6) is 0.563. The number of nitrogens with zero attached hydrogens (tertiary/aromatic N) is 2. The van der Waals surface area contributed by atoms with E-state index in [1.165, 1.54) is 6.07 Å². The van der Waals surface area contributed by atoms with Gasteiger partial charge in [-0.1, -0.05) is 40.4 Å². The summed E-state index contributed by atoms with van der Waals surface area (Å²) >= 11 is 12.9. The van der Waals surface area contributed by atoms with Gasteiger partial charge in [-0.05, 0) is 18.2 Å². The van der Waals surface area contributed by atoms with Crippen LogP contribution in [0.3, 0.4) is 0 Å². The van der Waals surface area contributed by atoms with Crippen molar-refractivity contribution in [3.63, 3.8) is 0 Å². The molecular weight excluding hydrogens is 401 g/mol. The molecule has 7 nitrogen and oxygen atoms in total. The fourth-order valence-electron chi connectivity index (χ4n) is 2.34. The largest absolute Gasteiger partial charge is 0.493 e. The number of furan rings is 1. The fraction of sp³-hybridized carbons (Fsp3) is 0.0625. The third-order valence-corrected chi connectivity index (χ3v) is 4.97. The molecule has 0 atom stereocenters. The summed E-state index contributed by atoms with van der Waals surface area (Å²) in [7, 11) is 1.55. The molecule has 3 aromatic heterocycles. The van der Waals surface area contributed by atoms with Crippen LogP contribution in [0.25, 0.3) is 22.6 Å². The first-order valence-electron chi connectivity index (χ1n) is 7.22. The van der Waals surface area contributed by atoms with E-state index >= 15 is 0 Å². The van der Waals surface area contributed by atoms with E-state index in [9.17, 15) is 4.79 Å². The number of methoxy groups -OCH3 is 1. The van der Waals surface area contributed by atoms with Crippen molar-refractivity contribution in [2.24, 2.45) is 0 Å². The number of aromatic nitrogens is 2. The van der Waals surface area contributed by atoms with Crippen LogP contribution in [-0.4, -0.2) is 23.2 Å². The van der Waals surface area contributed by atoms with E-state index in [0.717, 1.165) is 16.7 Å². The molecule has 4 rings (SSSR count). The van der Waals surface area contributed by atoms with Crippen LogP contribution in [0.5, 0.6) is 5.75 Å². The van der Waals surface area contributed by atoms with Gasteiger partial charge in [0.05, 0.1) is 17.0 Å². The highest BCUT2D eigenvalue weighted by atomic mass is 35.5. The Labute approximate surface area is 160 Å². The number of fused-ring (bicyclic) bond motifs is 1. The second kappa shape index (κ2) is 6.64. The number of halogens is 2. The molecule has 0 radical (unpaired) electrons. The van der Waals surface area contributed by atoms with Crippen molar-refractivity contribution in [2.75, 3.05) is 12.4 Å². The first kappa shape index (κ1) is 16.9. The number of thiophene rings is 1. The smallest absolute Gasteiger partial charge is 0.322 e. The zero-order chi connectivity index (χ0) is 18.3. The maximum absolute atomic E-state index is 12.2. The Morgan fingerprint density at radius 2 is 2.08 bits per heavy atom. The van der Waals surface area contributed by atoms with Gasteiger partial charge in [0, 0.05) is 5.39 Å². The number of anilines is 1. The average molecular weight is 410 g/mol. The normalized spacial score (nSPS) is 11.0. The number of hydrogen-bond acceptors (Lipinski definition) is 7. The van der Waals surface area contributed by atoms with Crippen LogP contribution in [0.2, 0.25) is 8.67 Å². The maximum Gasteiger partial charge on any atom is 0.322 e. The van der Waals surface area contributed by atoms with Gasteiger partial charge in [-0.15, -0.1) is 16.4 Å². The van der Waals surface area contributed by atoms with E-state index in [2.05, 4.69) is 15.5 Å². The number of benzene rings is 1. The Hall–Kier alpha value is -2.55. The number of hydrogen-bond donors (Lipinski definition) is 1. The average Bonchev–Trinajstić information content (AvgIpc) is 3.32. The Kier molecular flexibility index (Phi) is 4.31. The summed E-state index contributed by atoms with van der Waals surface area (Å²) in [4.78, 5) is 12.2. The molecule has 132 valence electrons. The van der Waals surface area contributed by atoms with E-state index in [1.54, 1.807) is 19.2 Å². The molecule has 1 amide bonds. The summed E-state index contributed by atoms with van der Waals surface area (Å²) in [6.45, 7) is 0. The minimum absolute atomic E-state index is 0.0872. The molecular formula is C16H9Cl2N3O4S. The lowest BCUT2D eigenvalue weighted by molar-refractivity contribution is 0.102. The molecule has 4 aromatic rings. The van der Waals surface area contributed by atoms with E-state index in [0.29, 0.717) is 21.4 Å². The van der Waals surface area contributed by atoms with Crippen molar-refractivity contribution in [1.29, 1.82) is 0 Å². The molecule has 0 aliphatic carbocycles. The minimum atomic E-state index is -0.500. The fourth-order valence-corrected chi connectivity index (χ4v) is 3.79. The van der Waals surface area contributed by atoms with Crippen LogP contribution < -0.4 is 10.1 Å². The Balaban J connectivity index is 1.60. The Bertz CT molecular complexity index is 1120. The molecule has 1 aromatic carbocycles. The Morgan fingerprint density at radius 1 is 1.23 bits per heavy atom. The summed E-state index contributed by atoms with van der Waals surface area (Å²) in [5.41, 5.74) is 0.795. The lowest BCUT2D eigenvalue weighted by Crippen LogP contribution is -2.11. The molecule has 0 unspecified atom stereocenters. The predicted octanol–water partition coefficient (Wildman–Crippen LogP) is 5.11. The molecule has 0 saturated heterocycles. The summed E-state index contributed by atoms with van der Waals surface area (Å²) in [5, 5.41) is 11.0. The predicted molar refractivity (Wildman–Crippen MR) is 98.4 cm³/mol. The molecule has 26 heavy (non-hydrogen) atoms. The Morgan fingerprint density at radius 3 is 2.81 bits per heavy atom. The molecule has 0 bridgehead atoms. The van der Waals surface area contributed by atoms with Crippen molar-refractivity contribution >= 4 is 57.4 Å². The number of ether oxygens (including phenoxy) is 1. The van der Waals surface area contributed by atoms with Crippen LogP contribution >= 0.6 is 34.5 Å². The quantitative estimate of drug-likeness (QED) is 0.503. The van der Waals surface area contributed by atoms with E-state index in [1.807, 2.05) is 12.1 Å². The molecule has 0 saturated carbocycles. The first-order valence-corrected chi connectivity index (χ1v) is 8.79. The number of para-hydroxylation sites is 1. The van der Waals surface area contributed by atoms with Crippen molar-refractivity contribution in [1.82, 2.24) is 10.2 Å². The lowest BCUT2D eigenvalue weighted by atomic mass is 10.2. The van der Waals surface area contributed by atoms with Crippen LogP contribution in [0.4, 0.5) is 6.01 Å². The van der Waals surface area contributed by atoms with Gasteiger partial charge in [0.2, 0.25) is 0 Å². The molecule has 0 aliphatic rings. The second-order valence-electron chi connectivity index (χ2n) is 5.09. The summed E-state index contributed by atoms with van der Waals surface area (Å²) in [6, 6.07) is 8.61. The van der Waals surface area contributed by atoms with E-state index in [-0.39, 0.29) is 21.8 Å². The molecule has 0 aliphatic heterocycles. The molecule has 0 fully saturated rings. The number of carbonyl (C=O) groups excluding carboxylic acids is 1. The molecule has 10 heteroatoms. The maximum atomic E-state index is 12.2. The topological polar surface area (TPSA) is 90.4 Å². The molecule has 0 spiro atoms. The highest BCUT2D eigenvalue weighted by molar-refractivity contribution is 7.20. The van der Waals surface area contributed by atoms with Crippen molar-refractivity contribution in [3.8, 4) is 17.4 Å². The number of nitrogens with one attached hydrogen (secondary N) is 1. The highest BCUT2D eigenvalue weighted by Crippen LogP contribution is 2.34. The van der Waals surface area contributed by atoms with Crippen LogP contribution in [-0.2, 0) is 0 Å². The third-order valence-electron chi connectivity index (χ3n) is 3.49. The third kappa shape index (κ3) is 3.03. The van der Waals surface area contributed by atoms with Crippen LogP contribution in [0.15, 0.2) is 39.2 Å². The van der Waals surface area contributed by atoms with Gasteiger partial charge in [0.15, 0.2) is 17.1 Å². The molecule has 1 N–H and O–H groups in total. The van der Waals surface area contributed by atoms with Gasteiger partial charge >= 0.3 is 6.01 Å². The van der Waals surface area contributed by atoms with E-state index < -0.39 is 5.91 Å². The zero-order valence-electron chi connectivity index (χ0n) is 13.1. The zero-order valence-corrected chi connectivity index (χ0v) is 15.4. The van der Waals surface area contributed by atoms with Gasteiger partial charge in [-0.2, -0.15) is 0 Å². The van der Waals surface area contributed by atoms with Gasteiger partial charge in [0.25, 0.3) is 11.8 Å². The number of rotatable bonds is 4. The lowest BCUT2D eigenvalue weighted by Gasteiger charge is -1.98. The van der Waals surface area contributed by atoms with Gasteiger partial charge in [-0.3, -0.25) is 10.1 Å². The second-order valence-corrected chi connectivity index (χ2v) is 7.38. The summed E-state index contributed by atoms with van der Waals surface area (Å²) in [6.07, 6.45) is 0. The first-order chi connectivity index (χ1) is 12.5. The van der Waals surface area contributed by atoms with Crippen molar-refractivity contribution in [2.45, 2.75) is 0 Å².